The Bertz CT molecular complexity index is 726. The van der Waals surface area contributed by atoms with Crippen molar-refractivity contribution in [1.82, 2.24) is 14.5 Å². The Hall–Kier alpha value is -2.08. The van der Waals surface area contributed by atoms with Gasteiger partial charge < -0.3 is 10.1 Å². The number of benzene rings is 1. The molecule has 118 valence electrons. The van der Waals surface area contributed by atoms with E-state index in [9.17, 15) is 9.59 Å². The van der Waals surface area contributed by atoms with Gasteiger partial charge in [0.1, 0.15) is 0 Å². The first-order valence-corrected chi connectivity index (χ1v) is 7.69. The highest BCUT2D eigenvalue weighted by atomic mass is 16.5. The van der Waals surface area contributed by atoms with Crippen molar-refractivity contribution in [3.05, 3.63) is 34.7 Å². The standard InChI is InChI=1S/C16H21N3O3/c1-18-13-6-2-3-7-14(13)19(16(18)21)9-8-15(20)17-11-12-5-4-10-22-12/h2-3,6-7,12H,4-5,8-11H2,1H3,(H,17,20). The SMILES string of the molecule is Cn1c(=O)n(CCC(=O)NCC2CCCO2)c2ccccc21. The Kier molecular flexibility index (Phi) is 4.29. The molecule has 0 aliphatic carbocycles. The predicted molar refractivity (Wildman–Crippen MR) is 83.8 cm³/mol. The van der Waals surface area contributed by atoms with Crippen LogP contribution in [0.15, 0.2) is 29.1 Å². The average molecular weight is 303 g/mol. The van der Waals surface area contributed by atoms with E-state index < -0.39 is 0 Å². The quantitative estimate of drug-likeness (QED) is 0.897. The van der Waals surface area contributed by atoms with Crippen LogP contribution in [0.25, 0.3) is 11.0 Å². The Balaban J connectivity index is 1.62. The third kappa shape index (κ3) is 2.92. The number of para-hydroxylation sites is 2. The Morgan fingerprint density at radius 3 is 2.86 bits per heavy atom. The van der Waals surface area contributed by atoms with Gasteiger partial charge in [-0.3, -0.25) is 13.9 Å². The highest BCUT2D eigenvalue weighted by Gasteiger charge is 2.16. The zero-order chi connectivity index (χ0) is 15.5. The molecule has 1 aromatic carbocycles. The van der Waals surface area contributed by atoms with Crippen molar-refractivity contribution in [1.29, 1.82) is 0 Å². The van der Waals surface area contributed by atoms with Crippen molar-refractivity contribution in [2.45, 2.75) is 31.9 Å². The number of ether oxygens (including phenoxy) is 1. The minimum absolute atomic E-state index is 0.0460. The zero-order valence-electron chi connectivity index (χ0n) is 12.7. The van der Waals surface area contributed by atoms with Gasteiger partial charge in [-0.15, -0.1) is 0 Å². The molecule has 3 rings (SSSR count). The van der Waals surface area contributed by atoms with Crippen molar-refractivity contribution in [3.8, 4) is 0 Å². The van der Waals surface area contributed by atoms with E-state index in [-0.39, 0.29) is 17.7 Å². The van der Waals surface area contributed by atoms with Crippen LogP contribution in [0.3, 0.4) is 0 Å². The van der Waals surface area contributed by atoms with Crippen molar-refractivity contribution in [3.63, 3.8) is 0 Å². The second-order valence-corrected chi connectivity index (χ2v) is 5.67. The highest BCUT2D eigenvalue weighted by Crippen LogP contribution is 2.12. The summed E-state index contributed by atoms with van der Waals surface area (Å²) in [6.45, 7) is 1.73. The molecule has 0 radical (unpaired) electrons. The summed E-state index contributed by atoms with van der Waals surface area (Å²) in [5.41, 5.74) is 1.65. The Labute approximate surface area is 128 Å². The first-order valence-electron chi connectivity index (χ1n) is 7.69. The van der Waals surface area contributed by atoms with Crippen molar-refractivity contribution in [2.24, 2.45) is 7.05 Å². The van der Waals surface area contributed by atoms with Gasteiger partial charge in [-0.05, 0) is 25.0 Å². The van der Waals surface area contributed by atoms with Crippen LogP contribution in [0.5, 0.6) is 0 Å². The van der Waals surface area contributed by atoms with E-state index >= 15 is 0 Å². The van der Waals surface area contributed by atoms with Gasteiger partial charge in [0.25, 0.3) is 0 Å². The van der Waals surface area contributed by atoms with Crippen molar-refractivity contribution in [2.75, 3.05) is 13.2 Å². The largest absolute Gasteiger partial charge is 0.376 e. The third-order valence-corrected chi connectivity index (χ3v) is 4.17. The maximum Gasteiger partial charge on any atom is 0.328 e. The number of carbonyl (C=O) groups is 1. The summed E-state index contributed by atoms with van der Waals surface area (Å²) < 4.78 is 8.74. The van der Waals surface area contributed by atoms with Crippen LogP contribution in [-0.4, -0.2) is 34.3 Å². The molecular weight excluding hydrogens is 282 g/mol. The summed E-state index contributed by atoms with van der Waals surface area (Å²) >= 11 is 0. The number of hydrogen-bond acceptors (Lipinski definition) is 3. The molecule has 0 spiro atoms. The Morgan fingerprint density at radius 2 is 2.14 bits per heavy atom. The van der Waals surface area contributed by atoms with Gasteiger partial charge in [-0.2, -0.15) is 0 Å². The number of carbonyl (C=O) groups excluding carboxylic acids is 1. The molecule has 6 nitrogen and oxygen atoms in total. The molecule has 1 unspecified atom stereocenters. The minimum Gasteiger partial charge on any atom is -0.376 e. The zero-order valence-corrected chi connectivity index (χ0v) is 12.7. The molecule has 1 amide bonds. The number of hydrogen-bond donors (Lipinski definition) is 1. The lowest BCUT2D eigenvalue weighted by molar-refractivity contribution is -0.121. The molecule has 22 heavy (non-hydrogen) atoms. The van der Waals surface area contributed by atoms with Crippen LogP contribution >= 0.6 is 0 Å². The number of fused-ring (bicyclic) bond motifs is 1. The van der Waals surface area contributed by atoms with Crippen LogP contribution in [0, 0.1) is 0 Å². The van der Waals surface area contributed by atoms with Crippen LogP contribution < -0.4 is 11.0 Å². The fraction of sp³-hybridized carbons (Fsp3) is 0.500. The fourth-order valence-electron chi connectivity index (χ4n) is 2.91. The molecule has 1 fully saturated rings. The van der Waals surface area contributed by atoms with E-state index in [1.54, 1.807) is 16.2 Å². The average Bonchev–Trinajstić information content (AvgIpc) is 3.13. The van der Waals surface area contributed by atoms with E-state index in [0.717, 1.165) is 30.5 Å². The minimum atomic E-state index is -0.0897. The number of nitrogens with zero attached hydrogens (tertiary/aromatic N) is 2. The molecule has 1 aliphatic rings. The van der Waals surface area contributed by atoms with Crippen molar-refractivity contribution < 1.29 is 9.53 Å². The number of nitrogens with one attached hydrogen (secondary N) is 1. The summed E-state index contributed by atoms with van der Waals surface area (Å²) in [5.74, 6) is -0.0460. The topological polar surface area (TPSA) is 65.3 Å². The molecule has 2 heterocycles. The van der Waals surface area contributed by atoms with E-state index in [4.69, 9.17) is 4.74 Å². The number of aromatic nitrogens is 2. The first kappa shape index (κ1) is 14.8. The Morgan fingerprint density at radius 1 is 1.36 bits per heavy atom. The second-order valence-electron chi connectivity index (χ2n) is 5.67. The summed E-state index contributed by atoms with van der Waals surface area (Å²) in [4.78, 5) is 24.2. The second kappa shape index (κ2) is 6.36. The monoisotopic (exact) mass is 303 g/mol. The van der Waals surface area contributed by atoms with Crippen LogP contribution in [0.2, 0.25) is 0 Å². The lowest BCUT2D eigenvalue weighted by atomic mass is 10.2. The van der Waals surface area contributed by atoms with Gasteiger partial charge >= 0.3 is 5.69 Å². The lowest BCUT2D eigenvalue weighted by Crippen LogP contribution is -2.33. The predicted octanol–water partition coefficient (Wildman–Crippen LogP) is 1.03. The lowest BCUT2D eigenvalue weighted by Gasteiger charge is -2.10. The normalized spacial score (nSPS) is 18.0. The molecule has 1 aliphatic heterocycles. The van der Waals surface area contributed by atoms with E-state index in [1.165, 1.54) is 0 Å². The van der Waals surface area contributed by atoms with Gasteiger partial charge in [0.15, 0.2) is 0 Å². The molecule has 6 heteroatoms. The number of amides is 1. The maximum atomic E-state index is 12.2. The summed E-state index contributed by atoms with van der Waals surface area (Å²) in [7, 11) is 1.75. The van der Waals surface area contributed by atoms with Gasteiger partial charge in [0.05, 0.1) is 17.1 Å². The highest BCUT2D eigenvalue weighted by molar-refractivity contribution is 5.77. The molecule has 1 saturated heterocycles. The first-order chi connectivity index (χ1) is 10.7. The van der Waals surface area contributed by atoms with Gasteiger partial charge in [-0.25, -0.2) is 4.79 Å². The van der Waals surface area contributed by atoms with Gasteiger partial charge in [0.2, 0.25) is 5.91 Å². The van der Waals surface area contributed by atoms with Crippen molar-refractivity contribution >= 4 is 16.9 Å². The molecule has 1 N–H and O–H groups in total. The van der Waals surface area contributed by atoms with Crippen LogP contribution in [0.1, 0.15) is 19.3 Å². The maximum absolute atomic E-state index is 12.2. The summed E-state index contributed by atoms with van der Waals surface area (Å²) in [5, 5.41) is 2.88. The number of imidazole rings is 1. The van der Waals surface area contributed by atoms with Gasteiger partial charge in [-0.1, -0.05) is 12.1 Å². The smallest absolute Gasteiger partial charge is 0.328 e. The molecular formula is C16H21N3O3. The summed E-state index contributed by atoms with van der Waals surface area (Å²) in [6.07, 6.45) is 2.50. The number of rotatable bonds is 5. The number of aryl methyl sites for hydroxylation is 2. The van der Waals surface area contributed by atoms with E-state index in [0.29, 0.717) is 19.5 Å². The molecule has 2 aromatic rings. The third-order valence-electron chi connectivity index (χ3n) is 4.17. The van der Waals surface area contributed by atoms with Crippen LogP contribution in [0.4, 0.5) is 0 Å². The molecule has 0 bridgehead atoms. The van der Waals surface area contributed by atoms with Crippen LogP contribution in [-0.2, 0) is 23.1 Å². The molecule has 1 atom stereocenters. The molecule has 0 saturated carbocycles. The summed E-state index contributed by atoms with van der Waals surface area (Å²) in [6, 6.07) is 7.61. The van der Waals surface area contributed by atoms with Gasteiger partial charge in [0, 0.05) is 33.2 Å². The molecule has 1 aromatic heterocycles. The van der Waals surface area contributed by atoms with E-state index in [2.05, 4.69) is 5.32 Å². The van der Waals surface area contributed by atoms with E-state index in [1.807, 2.05) is 24.3 Å². The fourth-order valence-corrected chi connectivity index (χ4v) is 2.91.